The highest BCUT2D eigenvalue weighted by Gasteiger charge is 2.60. The van der Waals surface area contributed by atoms with Crippen LogP contribution in [-0.2, 0) is 14.4 Å². The van der Waals surface area contributed by atoms with E-state index in [1.54, 1.807) is 33.2 Å². The lowest BCUT2D eigenvalue weighted by Gasteiger charge is -2.50. The van der Waals surface area contributed by atoms with Crippen molar-refractivity contribution in [3.05, 3.63) is 46.2 Å². The Kier molecular flexibility index (Phi) is 4.71. The van der Waals surface area contributed by atoms with Gasteiger partial charge in [-0.3, -0.25) is 19.3 Å². The van der Waals surface area contributed by atoms with Crippen LogP contribution in [0.3, 0.4) is 0 Å². The number of hydrogen-bond donors (Lipinski definition) is 5. The summed E-state index contributed by atoms with van der Waals surface area (Å²) >= 11 is 0. The Morgan fingerprint density at radius 3 is 2.32 bits per heavy atom. The predicted molar refractivity (Wildman–Crippen MR) is 109 cm³/mol. The van der Waals surface area contributed by atoms with Crippen molar-refractivity contribution >= 4 is 23.2 Å². The van der Waals surface area contributed by atoms with Crippen molar-refractivity contribution < 1.29 is 34.8 Å². The van der Waals surface area contributed by atoms with E-state index in [4.69, 9.17) is 5.73 Å². The van der Waals surface area contributed by atoms with Crippen LogP contribution >= 0.6 is 0 Å². The number of fused-ring (bicyclic) bond motifs is 3. The zero-order valence-corrected chi connectivity index (χ0v) is 17.2. The molecule has 0 bridgehead atoms. The van der Waals surface area contributed by atoms with E-state index >= 15 is 0 Å². The molecule has 6 N–H and O–H groups in total. The van der Waals surface area contributed by atoms with Crippen LogP contribution in [0.5, 0.6) is 5.75 Å². The highest BCUT2D eigenvalue weighted by atomic mass is 16.3. The number of nitrogens with two attached hydrogens (primary N) is 1. The number of aliphatic hydroxyl groups excluding tert-OH is 3. The number of aliphatic hydroxyl groups is 3. The Morgan fingerprint density at radius 2 is 1.74 bits per heavy atom. The standard InChI is InChI=1S/C22H24N2O7/c1-7-8-5-4-6-9(25)11(8)18(27)13-10(7)17(26)12-14(19(13)28)20(29)15(22(23)31)21(30)16(12)24(2)3/h4-7,10,12,14,16-17,25-27,30H,1-3H3,(H2,23,31)/t7-,10-,12-,14-,16-,17-/m1/s1. The average Bonchev–Trinajstić information content (AvgIpc) is 2.67. The Balaban J connectivity index is 1.99. The number of primary amides is 1. The van der Waals surface area contributed by atoms with Gasteiger partial charge in [0.2, 0.25) is 0 Å². The lowest BCUT2D eigenvalue weighted by molar-refractivity contribution is -0.143. The number of Topliss-reactive ketones (excluding diaryl/α,β-unsaturated/α-hetero) is 2. The van der Waals surface area contributed by atoms with Gasteiger partial charge in [0.1, 0.15) is 22.8 Å². The Hall–Kier alpha value is -3.17. The number of phenols is 1. The third kappa shape index (κ3) is 2.66. The quantitative estimate of drug-likeness (QED) is 0.334. The van der Waals surface area contributed by atoms with Crippen molar-refractivity contribution in [3.63, 3.8) is 0 Å². The number of carbonyl (C=O) groups excluding carboxylic acids is 3. The molecule has 9 nitrogen and oxygen atoms in total. The number of phenolic OH excluding ortho intramolecular Hbond substituents is 1. The lowest BCUT2D eigenvalue weighted by atomic mass is 9.56. The van der Waals surface area contributed by atoms with Crippen molar-refractivity contribution in [2.75, 3.05) is 14.1 Å². The molecule has 0 radical (unpaired) electrons. The minimum absolute atomic E-state index is 0.0844. The first-order valence-corrected chi connectivity index (χ1v) is 9.91. The van der Waals surface area contributed by atoms with E-state index in [0.717, 1.165) is 0 Å². The molecule has 1 fully saturated rings. The lowest BCUT2D eigenvalue weighted by Crippen LogP contribution is -2.61. The van der Waals surface area contributed by atoms with Crippen molar-refractivity contribution in [1.82, 2.24) is 4.90 Å². The zero-order chi connectivity index (χ0) is 22.9. The summed E-state index contributed by atoms with van der Waals surface area (Å²) in [6, 6.07) is 3.65. The van der Waals surface area contributed by atoms with E-state index < -0.39 is 70.4 Å². The third-order valence-electron chi connectivity index (χ3n) is 6.86. The SMILES string of the molecule is C[C@@H]1c2cccc(O)c2C(O)=C2C(=O)[C@@H]3C(=O)C(C(N)=O)=C(O)[C@H](N(C)C)[C@@H]3[C@H](O)[C@@H]21. The molecule has 3 aliphatic rings. The Labute approximate surface area is 178 Å². The minimum atomic E-state index is -1.51. The monoisotopic (exact) mass is 428 g/mol. The van der Waals surface area contributed by atoms with E-state index in [0.29, 0.717) is 5.56 Å². The molecule has 1 amide bonds. The van der Waals surface area contributed by atoms with Crippen LogP contribution in [0.2, 0.25) is 0 Å². The molecule has 0 aromatic heterocycles. The predicted octanol–water partition coefficient (Wildman–Crippen LogP) is 0.381. The molecule has 164 valence electrons. The molecule has 0 unspecified atom stereocenters. The van der Waals surface area contributed by atoms with Gasteiger partial charge >= 0.3 is 0 Å². The molecular weight excluding hydrogens is 404 g/mol. The van der Waals surface area contributed by atoms with Gasteiger partial charge in [0.05, 0.1) is 23.6 Å². The first-order chi connectivity index (χ1) is 14.5. The van der Waals surface area contributed by atoms with Crippen molar-refractivity contribution in [2.45, 2.75) is 25.0 Å². The molecule has 6 atom stereocenters. The van der Waals surface area contributed by atoms with E-state index in [2.05, 4.69) is 0 Å². The van der Waals surface area contributed by atoms with E-state index in [9.17, 15) is 34.8 Å². The van der Waals surface area contributed by atoms with Crippen LogP contribution in [0, 0.1) is 17.8 Å². The molecule has 31 heavy (non-hydrogen) atoms. The summed E-state index contributed by atoms with van der Waals surface area (Å²) in [4.78, 5) is 40.1. The van der Waals surface area contributed by atoms with Gasteiger partial charge in [0.25, 0.3) is 5.91 Å². The van der Waals surface area contributed by atoms with Gasteiger partial charge in [-0.1, -0.05) is 19.1 Å². The molecule has 9 heteroatoms. The summed E-state index contributed by atoms with van der Waals surface area (Å²) in [5.74, 6) is -8.11. The number of rotatable bonds is 2. The second-order valence-electron chi connectivity index (χ2n) is 8.63. The Morgan fingerprint density at radius 1 is 1.10 bits per heavy atom. The van der Waals surface area contributed by atoms with Crippen molar-refractivity contribution in [1.29, 1.82) is 0 Å². The molecule has 0 saturated heterocycles. The van der Waals surface area contributed by atoms with Gasteiger partial charge < -0.3 is 26.2 Å². The van der Waals surface area contributed by atoms with Gasteiger partial charge in [-0.25, -0.2) is 0 Å². The topological polar surface area (TPSA) is 161 Å². The van der Waals surface area contributed by atoms with Gasteiger partial charge in [0.15, 0.2) is 11.6 Å². The van der Waals surface area contributed by atoms with Gasteiger partial charge in [-0.15, -0.1) is 0 Å². The molecule has 3 aliphatic carbocycles. The summed E-state index contributed by atoms with van der Waals surface area (Å²) < 4.78 is 0. The second-order valence-corrected chi connectivity index (χ2v) is 8.63. The highest BCUT2D eigenvalue weighted by Crippen LogP contribution is 2.54. The number of nitrogens with zero attached hydrogens (tertiary/aromatic N) is 1. The number of hydrogen-bond acceptors (Lipinski definition) is 8. The van der Waals surface area contributed by atoms with Gasteiger partial charge in [-0.05, 0) is 31.6 Å². The number of amides is 1. The largest absolute Gasteiger partial charge is 0.510 e. The minimum Gasteiger partial charge on any atom is -0.510 e. The molecule has 0 aliphatic heterocycles. The molecular formula is C22H24N2O7. The molecule has 1 saturated carbocycles. The van der Waals surface area contributed by atoms with Crippen LogP contribution < -0.4 is 5.73 Å². The van der Waals surface area contributed by atoms with Gasteiger partial charge in [-0.2, -0.15) is 0 Å². The van der Waals surface area contributed by atoms with E-state index in [1.807, 2.05) is 0 Å². The fraction of sp³-hybridized carbons (Fsp3) is 0.409. The van der Waals surface area contributed by atoms with Crippen LogP contribution in [0.1, 0.15) is 24.0 Å². The molecule has 1 aromatic rings. The van der Waals surface area contributed by atoms with Crippen molar-refractivity contribution in [2.24, 2.45) is 23.5 Å². The third-order valence-corrected chi connectivity index (χ3v) is 6.86. The van der Waals surface area contributed by atoms with Crippen LogP contribution in [0.25, 0.3) is 5.76 Å². The maximum absolute atomic E-state index is 13.6. The average molecular weight is 428 g/mol. The summed E-state index contributed by atoms with van der Waals surface area (Å²) in [6.07, 6.45) is -1.31. The highest BCUT2D eigenvalue weighted by molar-refractivity contribution is 6.28. The zero-order valence-electron chi connectivity index (χ0n) is 17.2. The molecule has 1 aromatic carbocycles. The number of likely N-dealkylation sites (N-methyl/N-ethyl adjacent to an activating group) is 1. The maximum Gasteiger partial charge on any atom is 0.255 e. The van der Waals surface area contributed by atoms with Crippen LogP contribution in [0.15, 0.2) is 35.1 Å². The summed E-state index contributed by atoms with van der Waals surface area (Å²) in [6.45, 7) is 1.76. The maximum atomic E-state index is 13.6. The van der Waals surface area contributed by atoms with E-state index in [1.165, 1.54) is 11.0 Å². The number of carbonyl (C=O) groups is 3. The normalized spacial score (nSPS) is 32.7. The summed E-state index contributed by atoms with van der Waals surface area (Å²) in [5.41, 5.74) is 5.11. The molecule has 0 spiro atoms. The number of aromatic hydroxyl groups is 1. The summed E-state index contributed by atoms with van der Waals surface area (Å²) in [5, 5.41) is 43.3. The first kappa shape index (κ1) is 21.1. The van der Waals surface area contributed by atoms with Crippen LogP contribution in [0.4, 0.5) is 0 Å². The molecule has 4 rings (SSSR count). The fourth-order valence-electron chi connectivity index (χ4n) is 5.57. The summed E-state index contributed by atoms with van der Waals surface area (Å²) in [7, 11) is 3.17. The second kappa shape index (κ2) is 6.93. The van der Waals surface area contributed by atoms with Gasteiger partial charge in [0, 0.05) is 17.4 Å². The smallest absolute Gasteiger partial charge is 0.255 e. The Bertz CT molecular complexity index is 1090. The van der Waals surface area contributed by atoms with Crippen LogP contribution in [-0.4, -0.2) is 69.0 Å². The van der Waals surface area contributed by atoms with Crippen molar-refractivity contribution in [3.8, 4) is 5.75 Å². The number of benzene rings is 1. The number of ketones is 2. The first-order valence-electron chi connectivity index (χ1n) is 9.91. The fourth-order valence-corrected chi connectivity index (χ4v) is 5.57. The van der Waals surface area contributed by atoms with E-state index in [-0.39, 0.29) is 16.9 Å². The molecule has 0 heterocycles.